The van der Waals surface area contributed by atoms with Gasteiger partial charge in [-0.15, -0.1) is 0 Å². The summed E-state index contributed by atoms with van der Waals surface area (Å²) >= 11 is 9.90. The van der Waals surface area contributed by atoms with Crippen LogP contribution in [0.25, 0.3) is 0 Å². The molecule has 8 heteroatoms. The molecule has 4 nitrogen and oxygen atoms in total. The van der Waals surface area contributed by atoms with Gasteiger partial charge in [-0.05, 0) is 68.6 Å². The van der Waals surface area contributed by atoms with E-state index in [2.05, 4.69) is 47.8 Å². The topological polar surface area (TPSA) is 52.6 Å². The van der Waals surface area contributed by atoms with Crippen molar-refractivity contribution in [1.82, 2.24) is 0 Å². The predicted octanol–water partition coefficient (Wildman–Crippen LogP) is 5.06. The highest BCUT2D eigenvalue weighted by atomic mass is 79.9. The van der Waals surface area contributed by atoms with Crippen LogP contribution in [-0.4, -0.2) is 15.5 Å². The highest BCUT2D eigenvalue weighted by Gasteiger charge is 2.24. The summed E-state index contributed by atoms with van der Waals surface area (Å²) in [5.74, 6) is 0.404. The van der Waals surface area contributed by atoms with Crippen molar-refractivity contribution in [3.05, 3.63) is 49.3 Å². The molecule has 0 amide bonds. The second-order valence-corrected chi connectivity index (χ2v) is 8.53. The number of aryl methyl sites for hydroxylation is 1. The van der Waals surface area contributed by atoms with E-state index in [1.807, 2.05) is 0 Å². The highest BCUT2D eigenvalue weighted by Crippen LogP contribution is 2.39. The first-order chi connectivity index (χ1) is 10.2. The van der Waals surface area contributed by atoms with E-state index in [-0.39, 0.29) is 16.4 Å². The molecule has 0 radical (unpaired) electrons. The van der Waals surface area contributed by atoms with Crippen LogP contribution in [0.15, 0.2) is 48.6 Å². The molecule has 0 aromatic heterocycles. The van der Waals surface area contributed by atoms with E-state index in [1.165, 1.54) is 13.2 Å². The molecule has 0 saturated heterocycles. The van der Waals surface area contributed by atoms with Crippen molar-refractivity contribution in [3.63, 3.8) is 0 Å². The largest absolute Gasteiger partial charge is 0.495 e. The molecule has 0 bridgehead atoms. The molecule has 0 aliphatic heterocycles. The third-order valence-electron chi connectivity index (χ3n) is 2.74. The van der Waals surface area contributed by atoms with E-state index < -0.39 is 10.1 Å². The van der Waals surface area contributed by atoms with E-state index in [0.29, 0.717) is 8.95 Å². The quantitative estimate of drug-likeness (QED) is 0.535. The van der Waals surface area contributed by atoms with Gasteiger partial charge in [-0.3, -0.25) is 0 Å². The van der Waals surface area contributed by atoms with E-state index in [9.17, 15) is 8.42 Å². The SMILES string of the molecule is COc1ccc(C)cc1S(=O)(=O)Oc1c(Br)cc(Br)cc1Br. The summed E-state index contributed by atoms with van der Waals surface area (Å²) in [4.78, 5) is -0.0169. The van der Waals surface area contributed by atoms with Crippen molar-refractivity contribution >= 4 is 57.9 Å². The lowest BCUT2D eigenvalue weighted by Gasteiger charge is -2.13. The van der Waals surface area contributed by atoms with Crippen molar-refractivity contribution in [2.45, 2.75) is 11.8 Å². The first kappa shape index (κ1) is 17.8. The van der Waals surface area contributed by atoms with Gasteiger partial charge in [0, 0.05) is 4.47 Å². The molecule has 118 valence electrons. The molecule has 0 N–H and O–H groups in total. The van der Waals surface area contributed by atoms with Crippen LogP contribution in [0.4, 0.5) is 0 Å². The molecular formula is C14H11Br3O4S. The van der Waals surface area contributed by atoms with E-state index in [4.69, 9.17) is 8.92 Å². The molecule has 2 rings (SSSR count). The maximum absolute atomic E-state index is 12.6. The lowest BCUT2D eigenvalue weighted by atomic mass is 10.2. The fraction of sp³-hybridized carbons (Fsp3) is 0.143. The summed E-state index contributed by atoms with van der Waals surface area (Å²) in [7, 11) is -2.62. The Bertz CT molecular complexity index is 796. The lowest BCUT2D eigenvalue weighted by molar-refractivity contribution is 0.398. The van der Waals surface area contributed by atoms with E-state index in [1.54, 1.807) is 31.2 Å². The van der Waals surface area contributed by atoms with Gasteiger partial charge in [0.1, 0.15) is 10.6 Å². The van der Waals surface area contributed by atoms with Crippen LogP contribution in [0.2, 0.25) is 0 Å². The molecule has 0 saturated carbocycles. The third-order valence-corrected chi connectivity index (χ3v) is 5.62. The monoisotopic (exact) mass is 512 g/mol. The van der Waals surface area contributed by atoms with Crippen LogP contribution in [0.1, 0.15) is 5.56 Å². The van der Waals surface area contributed by atoms with Crippen molar-refractivity contribution in [2.24, 2.45) is 0 Å². The molecule has 2 aromatic rings. The predicted molar refractivity (Wildman–Crippen MR) is 95.1 cm³/mol. The fourth-order valence-corrected chi connectivity index (χ4v) is 5.59. The molecule has 22 heavy (non-hydrogen) atoms. The zero-order valence-corrected chi connectivity index (χ0v) is 17.1. The van der Waals surface area contributed by atoms with Gasteiger partial charge in [-0.1, -0.05) is 22.0 Å². The number of ether oxygens (including phenoxy) is 1. The number of hydrogen-bond acceptors (Lipinski definition) is 4. The van der Waals surface area contributed by atoms with Gasteiger partial charge in [-0.25, -0.2) is 0 Å². The van der Waals surface area contributed by atoms with Gasteiger partial charge in [-0.2, -0.15) is 8.42 Å². The standard InChI is InChI=1S/C14H11Br3O4S/c1-8-3-4-12(20-2)13(5-8)22(18,19)21-14-10(16)6-9(15)7-11(14)17/h3-7H,1-2H3. The van der Waals surface area contributed by atoms with Gasteiger partial charge in [0.05, 0.1) is 16.1 Å². The van der Waals surface area contributed by atoms with E-state index >= 15 is 0 Å². The van der Waals surface area contributed by atoms with Gasteiger partial charge in [0.2, 0.25) is 0 Å². The number of rotatable bonds is 4. The van der Waals surface area contributed by atoms with Gasteiger partial charge >= 0.3 is 10.1 Å². The average Bonchev–Trinajstić information content (AvgIpc) is 2.43. The first-order valence-corrected chi connectivity index (χ1v) is 9.77. The zero-order valence-electron chi connectivity index (χ0n) is 11.6. The zero-order chi connectivity index (χ0) is 16.5. The summed E-state index contributed by atoms with van der Waals surface area (Å²) in [6.07, 6.45) is 0. The molecular weight excluding hydrogens is 504 g/mol. The fourth-order valence-electron chi connectivity index (χ4n) is 1.74. The third kappa shape index (κ3) is 3.84. The van der Waals surface area contributed by atoms with Crippen molar-refractivity contribution in [3.8, 4) is 11.5 Å². The van der Waals surface area contributed by atoms with Crippen LogP contribution < -0.4 is 8.92 Å². The van der Waals surface area contributed by atoms with Crippen molar-refractivity contribution in [1.29, 1.82) is 0 Å². The number of benzene rings is 2. The Morgan fingerprint density at radius 2 is 1.59 bits per heavy atom. The van der Waals surface area contributed by atoms with Crippen LogP contribution in [0, 0.1) is 6.92 Å². The summed E-state index contributed by atoms with van der Waals surface area (Å²) in [5, 5.41) is 0. The van der Waals surface area contributed by atoms with Crippen molar-refractivity contribution in [2.75, 3.05) is 7.11 Å². The Balaban J connectivity index is 2.52. The average molecular weight is 515 g/mol. The highest BCUT2D eigenvalue weighted by molar-refractivity contribution is 9.11. The second kappa shape index (κ2) is 6.90. The van der Waals surface area contributed by atoms with Crippen LogP contribution in [0.3, 0.4) is 0 Å². The van der Waals surface area contributed by atoms with Crippen LogP contribution in [0.5, 0.6) is 11.5 Å². The van der Waals surface area contributed by atoms with Gasteiger partial charge < -0.3 is 8.92 Å². The van der Waals surface area contributed by atoms with Crippen LogP contribution >= 0.6 is 47.8 Å². The number of methoxy groups -OCH3 is 1. The molecule has 0 atom stereocenters. The Hall–Kier alpha value is -0.570. The molecule has 0 heterocycles. The minimum Gasteiger partial charge on any atom is -0.495 e. The minimum absolute atomic E-state index is 0.0169. The molecule has 0 aliphatic rings. The van der Waals surface area contributed by atoms with Gasteiger partial charge in [0.25, 0.3) is 0 Å². The Kier molecular flexibility index (Phi) is 5.58. The molecule has 0 aliphatic carbocycles. The maximum atomic E-state index is 12.6. The molecule has 0 unspecified atom stereocenters. The summed E-state index contributed by atoms with van der Waals surface area (Å²) in [6.45, 7) is 1.80. The Morgan fingerprint density at radius 3 is 2.14 bits per heavy atom. The number of halogens is 3. The molecule has 0 spiro atoms. The number of hydrogen-bond donors (Lipinski definition) is 0. The van der Waals surface area contributed by atoms with Crippen LogP contribution in [-0.2, 0) is 10.1 Å². The first-order valence-electron chi connectivity index (χ1n) is 5.98. The minimum atomic E-state index is -4.04. The smallest absolute Gasteiger partial charge is 0.343 e. The van der Waals surface area contributed by atoms with E-state index in [0.717, 1.165) is 10.0 Å². The normalized spacial score (nSPS) is 11.3. The Labute approximate surface area is 154 Å². The Morgan fingerprint density at radius 1 is 1.00 bits per heavy atom. The summed E-state index contributed by atoms with van der Waals surface area (Å²) in [5.41, 5.74) is 0.789. The lowest BCUT2D eigenvalue weighted by Crippen LogP contribution is -2.12. The summed E-state index contributed by atoms with van der Waals surface area (Å²) < 4.78 is 37.3. The van der Waals surface area contributed by atoms with Gasteiger partial charge in [0.15, 0.2) is 5.75 Å². The second-order valence-electron chi connectivity index (χ2n) is 4.39. The summed E-state index contributed by atoms with van der Waals surface area (Å²) in [6, 6.07) is 8.27. The maximum Gasteiger partial charge on any atom is 0.343 e. The molecule has 2 aromatic carbocycles. The van der Waals surface area contributed by atoms with Crippen molar-refractivity contribution < 1.29 is 17.3 Å². The molecule has 0 fully saturated rings.